The molecule has 1 aromatic rings. The van der Waals surface area contributed by atoms with Gasteiger partial charge in [-0.05, 0) is 12.1 Å². The SMILES string of the molecule is CN=C(NCCC(=O)N1CCN(c2ccccn2)CC1)NCCC(F)(F)F. The van der Waals surface area contributed by atoms with Gasteiger partial charge in [-0.25, -0.2) is 4.98 Å². The number of amides is 1. The summed E-state index contributed by atoms with van der Waals surface area (Å²) in [5, 5.41) is 5.45. The van der Waals surface area contributed by atoms with Crippen LogP contribution in [0, 0.1) is 0 Å². The van der Waals surface area contributed by atoms with Crippen LogP contribution in [0.5, 0.6) is 0 Å². The minimum Gasteiger partial charge on any atom is -0.356 e. The summed E-state index contributed by atoms with van der Waals surface area (Å²) in [4.78, 5) is 24.4. The van der Waals surface area contributed by atoms with Crippen molar-refractivity contribution >= 4 is 17.7 Å². The van der Waals surface area contributed by atoms with E-state index in [-0.39, 0.29) is 24.8 Å². The summed E-state index contributed by atoms with van der Waals surface area (Å²) in [6.45, 7) is 2.73. The number of aliphatic imine (C=N–C) groups is 1. The van der Waals surface area contributed by atoms with Crippen molar-refractivity contribution in [1.29, 1.82) is 0 Å². The lowest BCUT2D eigenvalue weighted by Gasteiger charge is -2.35. The van der Waals surface area contributed by atoms with Crippen LogP contribution in [0.1, 0.15) is 12.8 Å². The molecule has 0 spiro atoms. The Labute approximate surface area is 156 Å². The molecule has 1 aromatic heterocycles. The van der Waals surface area contributed by atoms with Crippen LogP contribution < -0.4 is 15.5 Å². The van der Waals surface area contributed by atoms with Crippen LogP contribution in [-0.4, -0.2) is 74.2 Å². The number of hydrogen-bond donors (Lipinski definition) is 2. The van der Waals surface area contributed by atoms with Gasteiger partial charge in [-0.3, -0.25) is 9.79 Å². The average molecular weight is 386 g/mol. The molecule has 7 nitrogen and oxygen atoms in total. The van der Waals surface area contributed by atoms with Crippen LogP contribution in [0.25, 0.3) is 0 Å². The lowest BCUT2D eigenvalue weighted by atomic mass is 10.2. The highest BCUT2D eigenvalue weighted by Gasteiger charge is 2.26. The second kappa shape index (κ2) is 9.98. The Morgan fingerprint density at radius 1 is 1.19 bits per heavy atom. The smallest absolute Gasteiger partial charge is 0.356 e. The van der Waals surface area contributed by atoms with Gasteiger partial charge in [-0.15, -0.1) is 0 Å². The fourth-order valence-electron chi connectivity index (χ4n) is 2.71. The number of carbonyl (C=O) groups excluding carboxylic acids is 1. The molecule has 1 amide bonds. The number of pyridine rings is 1. The van der Waals surface area contributed by atoms with Gasteiger partial charge in [0.1, 0.15) is 5.82 Å². The third kappa shape index (κ3) is 7.32. The first-order chi connectivity index (χ1) is 12.9. The fourth-order valence-corrected chi connectivity index (χ4v) is 2.71. The van der Waals surface area contributed by atoms with E-state index in [0.717, 1.165) is 18.9 Å². The van der Waals surface area contributed by atoms with Crippen molar-refractivity contribution in [3.63, 3.8) is 0 Å². The van der Waals surface area contributed by atoms with Crippen LogP contribution in [0.15, 0.2) is 29.4 Å². The van der Waals surface area contributed by atoms with Crippen LogP contribution in [0.4, 0.5) is 19.0 Å². The zero-order valence-corrected chi connectivity index (χ0v) is 15.3. The van der Waals surface area contributed by atoms with E-state index >= 15 is 0 Å². The van der Waals surface area contributed by atoms with Gasteiger partial charge >= 0.3 is 6.18 Å². The van der Waals surface area contributed by atoms with E-state index in [4.69, 9.17) is 0 Å². The van der Waals surface area contributed by atoms with Crippen molar-refractivity contribution in [3.8, 4) is 0 Å². The zero-order valence-electron chi connectivity index (χ0n) is 15.3. The molecule has 27 heavy (non-hydrogen) atoms. The number of nitrogens with one attached hydrogen (secondary N) is 2. The van der Waals surface area contributed by atoms with E-state index in [0.29, 0.717) is 19.6 Å². The lowest BCUT2D eigenvalue weighted by molar-refractivity contribution is -0.133. The van der Waals surface area contributed by atoms with Crippen LogP contribution in [-0.2, 0) is 4.79 Å². The molecule has 150 valence electrons. The maximum atomic E-state index is 12.3. The van der Waals surface area contributed by atoms with Crippen LogP contribution >= 0.6 is 0 Å². The Balaban J connectivity index is 1.66. The second-order valence-corrected chi connectivity index (χ2v) is 6.10. The Hall–Kier alpha value is -2.52. The number of piperazine rings is 1. The van der Waals surface area contributed by atoms with Gasteiger partial charge in [0.2, 0.25) is 5.91 Å². The van der Waals surface area contributed by atoms with Crippen molar-refractivity contribution in [1.82, 2.24) is 20.5 Å². The highest BCUT2D eigenvalue weighted by atomic mass is 19.4. The van der Waals surface area contributed by atoms with E-state index < -0.39 is 12.6 Å². The molecule has 1 saturated heterocycles. The first kappa shape index (κ1) is 20.8. The zero-order chi connectivity index (χ0) is 19.7. The number of guanidine groups is 1. The molecule has 0 radical (unpaired) electrons. The minimum absolute atomic E-state index is 0.00826. The predicted molar refractivity (Wildman–Crippen MR) is 97.7 cm³/mol. The lowest BCUT2D eigenvalue weighted by Crippen LogP contribution is -2.49. The summed E-state index contributed by atoms with van der Waals surface area (Å²) in [6, 6.07) is 5.74. The third-order valence-electron chi connectivity index (χ3n) is 4.16. The van der Waals surface area contributed by atoms with Gasteiger partial charge in [-0.2, -0.15) is 13.2 Å². The molecule has 0 saturated carbocycles. The van der Waals surface area contributed by atoms with Gasteiger partial charge in [-0.1, -0.05) is 6.07 Å². The topological polar surface area (TPSA) is 72.9 Å². The highest BCUT2D eigenvalue weighted by molar-refractivity contribution is 5.81. The minimum atomic E-state index is -4.21. The molecular weight excluding hydrogens is 361 g/mol. The molecule has 1 aliphatic rings. The van der Waals surface area contributed by atoms with Crippen molar-refractivity contribution in [2.24, 2.45) is 4.99 Å². The Kier molecular flexibility index (Phi) is 7.68. The second-order valence-electron chi connectivity index (χ2n) is 6.10. The Morgan fingerprint density at radius 2 is 1.89 bits per heavy atom. The van der Waals surface area contributed by atoms with E-state index in [9.17, 15) is 18.0 Å². The standard InChI is InChI=1S/C17H25F3N6O/c1-21-16(24-9-6-17(18,19)20)23-8-5-15(27)26-12-10-25(11-13-26)14-4-2-3-7-22-14/h2-4,7H,5-6,8-13H2,1H3,(H2,21,23,24). The van der Waals surface area contributed by atoms with E-state index in [2.05, 4.69) is 25.5 Å². The van der Waals surface area contributed by atoms with Crippen LogP contribution in [0.3, 0.4) is 0 Å². The Bertz CT molecular complexity index is 615. The first-order valence-electron chi connectivity index (χ1n) is 8.84. The molecular formula is C17H25F3N6O. The van der Waals surface area contributed by atoms with Crippen LogP contribution in [0.2, 0.25) is 0 Å². The summed E-state index contributed by atoms with van der Waals surface area (Å²) >= 11 is 0. The maximum Gasteiger partial charge on any atom is 0.390 e. The van der Waals surface area contributed by atoms with Gasteiger partial charge in [0, 0.05) is 58.9 Å². The molecule has 2 rings (SSSR count). The number of aromatic nitrogens is 1. The molecule has 0 atom stereocenters. The van der Waals surface area contributed by atoms with Crippen molar-refractivity contribution < 1.29 is 18.0 Å². The molecule has 1 fully saturated rings. The molecule has 0 aliphatic carbocycles. The summed E-state index contributed by atoms with van der Waals surface area (Å²) in [6.07, 6.45) is -3.15. The number of rotatable bonds is 6. The average Bonchev–Trinajstić information content (AvgIpc) is 2.66. The maximum absolute atomic E-state index is 12.3. The largest absolute Gasteiger partial charge is 0.390 e. The predicted octanol–water partition coefficient (Wildman–Crippen LogP) is 1.24. The van der Waals surface area contributed by atoms with Gasteiger partial charge in [0.15, 0.2) is 5.96 Å². The number of nitrogens with zero attached hydrogens (tertiary/aromatic N) is 4. The molecule has 10 heteroatoms. The third-order valence-corrected chi connectivity index (χ3v) is 4.16. The molecule has 0 unspecified atom stereocenters. The first-order valence-corrected chi connectivity index (χ1v) is 8.84. The van der Waals surface area contributed by atoms with Gasteiger partial charge in [0.25, 0.3) is 0 Å². The number of hydrogen-bond acceptors (Lipinski definition) is 4. The van der Waals surface area contributed by atoms with E-state index in [1.165, 1.54) is 7.05 Å². The van der Waals surface area contributed by atoms with Gasteiger partial charge < -0.3 is 20.4 Å². The van der Waals surface area contributed by atoms with Crippen molar-refractivity contribution in [2.45, 2.75) is 19.0 Å². The molecule has 0 aromatic carbocycles. The Morgan fingerprint density at radius 3 is 2.48 bits per heavy atom. The van der Waals surface area contributed by atoms with Crippen molar-refractivity contribution in [2.75, 3.05) is 51.2 Å². The molecule has 0 bridgehead atoms. The highest BCUT2D eigenvalue weighted by Crippen LogP contribution is 2.18. The monoisotopic (exact) mass is 386 g/mol. The molecule has 1 aliphatic heterocycles. The van der Waals surface area contributed by atoms with E-state index in [1.54, 1.807) is 11.1 Å². The number of anilines is 1. The summed E-state index contributed by atoms with van der Waals surface area (Å²) < 4.78 is 36.5. The number of alkyl halides is 3. The number of halogens is 3. The molecule has 2 N–H and O–H groups in total. The van der Waals surface area contributed by atoms with Crippen molar-refractivity contribution in [3.05, 3.63) is 24.4 Å². The normalized spacial score (nSPS) is 15.6. The summed E-state index contributed by atoms with van der Waals surface area (Å²) in [7, 11) is 1.47. The summed E-state index contributed by atoms with van der Waals surface area (Å²) in [5.41, 5.74) is 0. The summed E-state index contributed by atoms with van der Waals surface area (Å²) in [5.74, 6) is 1.17. The fraction of sp³-hybridized carbons (Fsp3) is 0.588. The van der Waals surface area contributed by atoms with Gasteiger partial charge in [0.05, 0.1) is 6.42 Å². The molecule has 2 heterocycles. The quantitative estimate of drug-likeness (QED) is 0.569. The number of carbonyl (C=O) groups is 1. The van der Waals surface area contributed by atoms with E-state index in [1.807, 2.05) is 18.2 Å².